The second-order valence-electron chi connectivity index (χ2n) is 6.54. The summed E-state index contributed by atoms with van der Waals surface area (Å²) in [6, 6.07) is 1.40. The molecule has 2 aromatic rings. The number of halogens is 3. The van der Waals surface area contributed by atoms with Gasteiger partial charge < -0.3 is 14.5 Å². The molecule has 7 nitrogen and oxygen atoms in total. The first-order chi connectivity index (χ1) is 13.0. The lowest BCUT2D eigenvalue weighted by molar-refractivity contribution is 0.118. The van der Waals surface area contributed by atoms with Gasteiger partial charge in [0.15, 0.2) is 5.82 Å². The molecular formula is C17H18ClF2N5O2. The van der Waals surface area contributed by atoms with E-state index in [9.17, 15) is 13.6 Å². The Labute approximate surface area is 159 Å². The molecular weight excluding hydrogens is 380 g/mol. The molecule has 4 rings (SSSR count). The summed E-state index contributed by atoms with van der Waals surface area (Å²) in [6.45, 7) is 1.50. The molecule has 0 aromatic carbocycles. The summed E-state index contributed by atoms with van der Waals surface area (Å²) in [5, 5.41) is 7.27. The summed E-state index contributed by atoms with van der Waals surface area (Å²) < 4.78 is 31.4. The number of pyridine rings is 1. The summed E-state index contributed by atoms with van der Waals surface area (Å²) in [7, 11) is 1.34. The number of anilines is 2. The van der Waals surface area contributed by atoms with E-state index in [0.29, 0.717) is 49.7 Å². The van der Waals surface area contributed by atoms with Crippen LogP contribution in [0.25, 0.3) is 0 Å². The third kappa shape index (κ3) is 3.09. The molecule has 0 atom stereocenters. The summed E-state index contributed by atoms with van der Waals surface area (Å²) in [5.74, 6) is 0.629. The van der Waals surface area contributed by atoms with E-state index < -0.39 is 12.5 Å². The van der Waals surface area contributed by atoms with Crippen LogP contribution in [0.5, 0.6) is 0 Å². The SMILES string of the molecule is COC(=O)N1CCc2[nH]nc(N3CCCc4nc(Cl)c(C(F)F)cc43)c2C1. The van der Waals surface area contributed by atoms with Gasteiger partial charge >= 0.3 is 6.09 Å². The zero-order valence-electron chi connectivity index (χ0n) is 14.6. The number of nitrogens with zero attached hydrogens (tertiary/aromatic N) is 4. The number of alkyl halides is 2. The van der Waals surface area contributed by atoms with Gasteiger partial charge in [-0.3, -0.25) is 5.10 Å². The van der Waals surface area contributed by atoms with Crippen molar-refractivity contribution < 1.29 is 18.3 Å². The fourth-order valence-corrected chi connectivity index (χ4v) is 3.87. The predicted octanol–water partition coefficient (Wildman–Crippen LogP) is 3.60. The Balaban J connectivity index is 1.74. The highest BCUT2D eigenvalue weighted by atomic mass is 35.5. The van der Waals surface area contributed by atoms with Crippen LogP contribution in [0.1, 0.15) is 35.4 Å². The van der Waals surface area contributed by atoms with Gasteiger partial charge in [0.2, 0.25) is 0 Å². The number of aromatic amines is 1. The van der Waals surface area contributed by atoms with Crippen LogP contribution in [0, 0.1) is 0 Å². The molecule has 2 aliphatic rings. The molecule has 144 valence electrons. The Hall–Kier alpha value is -2.42. The van der Waals surface area contributed by atoms with E-state index in [-0.39, 0.29) is 10.7 Å². The van der Waals surface area contributed by atoms with E-state index in [1.807, 2.05) is 4.90 Å². The summed E-state index contributed by atoms with van der Waals surface area (Å²) in [6.07, 6.45) is -1.02. The molecule has 0 spiro atoms. The number of hydrogen-bond donors (Lipinski definition) is 1. The van der Waals surface area contributed by atoms with Gasteiger partial charge in [0.1, 0.15) is 5.15 Å². The number of carbonyl (C=O) groups is 1. The van der Waals surface area contributed by atoms with Gasteiger partial charge in [0.05, 0.1) is 30.6 Å². The van der Waals surface area contributed by atoms with Crippen LogP contribution < -0.4 is 4.90 Å². The molecule has 0 bridgehead atoms. The number of rotatable bonds is 2. The Morgan fingerprint density at radius 2 is 2.19 bits per heavy atom. The molecule has 0 aliphatic carbocycles. The average molecular weight is 398 g/mol. The van der Waals surface area contributed by atoms with E-state index in [1.165, 1.54) is 13.2 Å². The quantitative estimate of drug-likeness (QED) is 0.784. The van der Waals surface area contributed by atoms with Crippen LogP contribution in [0.4, 0.5) is 25.1 Å². The smallest absolute Gasteiger partial charge is 0.409 e. The van der Waals surface area contributed by atoms with Gasteiger partial charge in [-0.15, -0.1) is 0 Å². The molecule has 4 heterocycles. The molecule has 0 fully saturated rings. The number of amides is 1. The number of hydrogen-bond acceptors (Lipinski definition) is 5. The summed E-state index contributed by atoms with van der Waals surface area (Å²) in [4.78, 5) is 19.6. The molecule has 1 amide bonds. The monoisotopic (exact) mass is 397 g/mol. The predicted molar refractivity (Wildman–Crippen MR) is 94.6 cm³/mol. The number of aromatic nitrogens is 3. The van der Waals surface area contributed by atoms with Gasteiger partial charge in [-0.2, -0.15) is 5.10 Å². The van der Waals surface area contributed by atoms with Crippen molar-refractivity contribution in [1.29, 1.82) is 0 Å². The van der Waals surface area contributed by atoms with Gasteiger partial charge in [-0.05, 0) is 18.9 Å². The van der Waals surface area contributed by atoms with Crippen LogP contribution >= 0.6 is 11.6 Å². The topological polar surface area (TPSA) is 74.3 Å². The highest BCUT2D eigenvalue weighted by Gasteiger charge is 2.31. The normalized spacial score (nSPS) is 16.3. The van der Waals surface area contributed by atoms with Crippen molar-refractivity contribution >= 4 is 29.2 Å². The van der Waals surface area contributed by atoms with Gasteiger partial charge in [-0.1, -0.05) is 11.6 Å². The molecule has 0 saturated carbocycles. The first kappa shape index (κ1) is 18.0. The molecule has 1 N–H and O–H groups in total. The minimum absolute atomic E-state index is 0.161. The van der Waals surface area contributed by atoms with Crippen LogP contribution in [-0.4, -0.2) is 46.4 Å². The molecule has 0 unspecified atom stereocenters. The van der Waals surface area contributed by atoms with Crippen LogP contribution in [0.3, 0.4) is 0 Å². The Morgan fingerprint density at radius 3 is 2.93 bits per heavy atom. The third-order valence-corrected chi connectivity index (χ3v) is 5.28. The number of nitrogens with one attached hydrogen (secondary N) is 1. The van der Waals surface area contributed by atoms with Crippen LogP contribution in [0.15, 0.2) is 6.07 Å². The highest BCUT2D eigenvalue weighted by Crippen LogP contribution is 2.39. The highest BCUT2D eigenvalue weighted by molar-refractivity contribution is 6.30. The molecule has 2 aromatic heterocycles. The maximum atomic E-state index is 13.3. The first-order valence-corrected chi connectivity index (χ1v) is 9.01. The number of carbonyl (C=O) groups excluding carboxylic acids is 1. The largest absolute Gasteiger partial charge is 0.453 e. The van der Waals surface area contributed by atoms with Gasteiger partial charge in [0, 0.05) is 30.8 Å². The van der Waals surface area contributed by atoms with E-state index in [1.54, 1.807) is 4.90 Å². The number of methoxy groups -OCH3 is 1. The van der Waals surface area contributed by atoms with E-state index in [2.05, 4.69) is 15.2 Å². The molecule has 10 heteroatoms. The average Bonchev–Trinajstić information content (AvgIpc) is 3.09. The Kier molecular flexibility index (Phi) is 4.63. The minimum atomic E-state index is -2.71. The second-order valence-corrected chi connectivity index (χ2v) is 6.89. The fourth-order valence-electron chi connectivity index (χ4n) is 3.63. The summed E-state index contributed by atoms with van der Waals surface area (Å²) in [5.41, 5.74) is 2.78. The van der Waals surface area contributed by atoms with Gasteiger partial charge in [0.25, 0.3) is 6.43 Å². The molecule has 27 heavy (non-hydrogen) atoms. The maximum Gasteiger partial charge on any atom is 0.409 e. The van der Waals surface area contributed by atoms with Crippen LogP contribution in [0.2, 0.25) is 5.15 Å². The maximum absolute atomic E-state index is 13.3. The minimum Gasteiger partial charge on any atom is -0.453 e. The second kappa shape index (κ2) is 6.95. The Morgan fingerprint density at radius 1 is 1.37 bits per heavy atom. The molecule has 0 saturated heterocycles. The zero-order valence-corrected chi connectivity index (χ0v) is 15.4. The number of ether oxygens (including phenoxy) is 1. The van der Waals surface area contributed by atoms with E-state index >= 15 is 0 Å². The Bertz CT molecular complexity index is 888. The van der Waals surface area contributed by atoms with Crippen molar-refractivity contribution in [2.75, 3.05) is 25.1 Å². The van der Waals surface area contributed by atoms with Crippen LogP contribution in [-0.2, 0) is 24.1 Å². The van der Waals surface area contributed by atoms with Crippen molar-refractivity contribution in [2.45, 2.75) is 32.2 Å². The van der Waals surface area contributed by atoms with Crippen molar-refractivity contribution in [2.24, 2.45) is 0 Å². The van der Waals surface area contributed by atoms with E-state index in [0.717, 1.165) is 17.7 Å². The third-order valence-electron chi connectivity index (χ3n) is 4.98. The number of aryl methyl sites for hydroxylation is 1. The lowest BCUT2D eigenvalue weighted by atomic mass is 10.0. The lowest BCUT2D eigenvalue weighted by Crippen LogP contribution is -2.36. The fraction of sp³-hybridized carbons (Fsp3) is 0.471. The van der Waals surface area contributed by atoms with Crippen molar-refractivity contribution in [3.8, 4) is 0 Å². The van der Waals surface area contributed by atoms with Crippen molar-refractivity contribution in [3.05, 3.63) is 33.7 Å². The molecule has 0 radical (unpaired) electrons. The molecule has 2 aliphatic heterocycles. The van der Waals surface area contributed by atoms with Crippen molar-refractivity contribution in [3.63, 3.8) is 0 Å². The van der Waals surface area contributed by atoms with Gasteiger partial charge in [-0.25, -0.2) is 18.6 Å². The zero-order chi connectivity index (χ0) is 19.1. The number of H-pyrrole nitrogens is 1. The van der Waals surface area contributed by atoms with Crippen molar-refractivity contribution in [1.82, 2.24) is 20.1 Å². The first-order valence-electron chi connectivity index (χ1n) is 8.63. The number of fused-ring (bicyclic) bond motifs is 2. The standard InChI is InChI=1S/C17H18ClF2N5O2/c1-27-17(26)24-6-4-11-10(8-24)16(23-22-11)25-5-2-3-12-13(25)7-9(15(19)20)14(18)21-12/h7,15H,2-6,8H2,1H3,(H,22,23). The summed E-state index contributed by atoms with van der Waals surface area (Å²) >= 11 is 5.92. The van der Waals surface area contributed by atoms with E-state index in [4.69, 9.17) is 16.3 Å². The lowest BCUT2D eigenvalue weighted by Gasteiger charge is -2.32.